The molecule has 4 unspecified atom stereocenters. The zero-order valence-electron chi connectivity index (χ0n) is 16.1. The van der Waals surface area contributed by atoms with Gasteiger partial charge in [-0.05, 0) is 19.1 Å². The summed E-state index contributed by atoms with van der Waals surface area (Å²) in [7, 11) is 0. The van der Waals surface area contributed by atoms with Gasteiger partial charge in [0.15, 0.2) is 0 Å². The van der Waals surface area contributed by atoms with Crippen molar-refractivity contribution in [2.24, 2.45) is 11.8 Å². The highest BCUT2D eigenvalue weighted by Gasteiger charge is 2.69. The van der Waals surface area contributed by atoms with Crippen molar-refractivity contribution in [1.82, 2.24) is 10.2 Å². The van der Waals surface area contributed by atoms with E-state index in [4.69, 9.17) is 11.6 Å². The number of fused-ring (bicyclic) bond motifs is 1. The summed E-state index contributed by atoms with van der Waals surface area (Å²) in [6, 6.07) is 2.26. The van der Waals surface area contributed by atoms with Gasteiger partial charge in [-0.1, -0.05) is 23.8 Å². The van der Waals surface area contributed by atoms with E-state index in [9.17, 15) is 39.5 Å². The number of hydrogen-bond donors (Lipinski definition) is 3. The van der Waals surface area contributed by atoms with Crippen molar-refractivity contribution in [3.8, 4) is 0 Å². The van der Waals surface area contributed by atoms with Crippen molar-refractivity contribution in [2.75, 3.05) is 6.54 Å². The van der Waals surface area contributed by atoms with Crippen molar-refractivity contribution in [2.45, 2.75) is 24.9 Å². The largest absolute Gasteiger partial charge is 0.481 e. The van der Waals surface area contributed by atoms with Gasteiger partial charge in [0.1, 0.15) is 5.54 Å². The molecule has 0 saturated carbocycles. The quantitative estimate of drug-likeness (QED) is 0.240. The summed E-state index contributed by atoms with van der Waals surface area (Å²) in [5, 5.41) is 33.5. The van der Waals surface area contributed by atoms with Gasteiger partial charge in [0.05, 0.1) is 29.2 Å². The highest BCUT2D eigenvalue weighted by Crippen LogP contribution is 2.51. The van der Waals surface area contributed by atoms with Crippen LogP contribution >= 0.6 is 11.6 Å². The molecule has 4 atom stereocenters. The number of hydrogen-bond acceptors (Lipinski definition) is 7. The molecule has 2 amide bonds. The Morgan fingerprint density at radius 3 is 2.55 bits per heavy atom. The zero-order chi connectivity index (χ0) is 23.1. The molecule has 3 N–H and O–H groups in total. The number of benzene rings is 1. The van der Waals surface area contributed by atoms with Crippen LogP contribution in [0.5, 0.6) is 0 Å². The molecule has 31 heavy (non-hydrogen) atoms. The number of carbonyl (C=O) groups excluding carboxylic acids is 2. The second-order valence-electron chi connectivity index (χ2n) is 7.29. The number of imide groups is 1. The maximum Gasteiger partial charge on any atom is 0.325 e. The third-order valence-electron chi connectivity index (χ3n) is 5.60. The number of carboxylic acids is 2. The van der Waals surface area contributed by atoms with Crippen LogP contribution in [-0.2, 0) is 19.2 Å². The first-order valence-electron chi connectivity index (χ1n) is 9.18. The standard InChI is InChI=1S/C19H18ClN3O8/c1-2-3-6-22-16(26)13-14(17(22)27)19(18(28)29,8-12(24)25)21-15(13)10-7-9(20)4-5-11(10)23(30)31/h2-5,7,13-15,21H,6,8H2,1H3,(H,24,25)(H,28,29)/b3-2+. The Kier molecular flexibility index (Phi) is 5.83. The van der Waals surface area contributed by atoms with Gasteiger partial charge in [0.25, 0.3) is 5.69 Å². The topological polar surface area (TPSA) is 167 Å². The lowest BCUT2D eigenvalue weighted by atomic mass is 9.77. The molecule has 2 saturated heterocycles. The maximum atomic E-state index is 13.1. The van der Waals surface area contributed by atoms with Crippen LogP contribution in [0, 0.1) is 22.0 Å². The number of rotatable bonds is 7. The molecular formula is C19H18ClN3O8. The summed E-state index contributed by atoms with van der Waals surface area (Å²) in [4.78, 5) is 61.7. The van der Waals surface area contributed by atoms with Gasteiger partial charge in [-0.2, -0.15) is 0 Å². The predicted octanol–water partition coefficient (Wildman–Crippen LogP) is 1.37. The van der Waals surface area contributed by atoms with Crippen LogP contribution in [0.3, 0.4) is 0 Å². The Morgan fingerprint density at radius 1 is 1.32 bits per heavy atom. The van der Waals surface area contributed by atoms with E-state index in [0.29, 0.717) is 0 Å². The van der Waals surface area contributed by atoms with E-state index in [-0.39, 0.29) is 17.1 Å². The third-order valence-corrected chi connectivity index (χ3v) is 5.84. The predicted molar refractivity (Wildman–Crippen MR) is 105 cm³/mol. The monoisotopic (exact) mass is 451 g/mol. The number of carboxylic acid groups (broad SMARTS) is 2. The van der Waals surface area contributed by atoms with Gasteiger partial charge in [-0.15, -0.1) is 0 Å². The molecule has 1 aromatic rings. The molecule has 0 spiro atoms. The Morgan fingerprint density at radius 2 is 2.00 bits per heavy atom. The summed E-state index contributed by atoms with van der Waals surface area (Å²) >= 11 is 5.99. The molecule has 2 fully saturated rings. The fraction of sp³-hybridized carbons (Fsp3) is 0.368. The van der Waals surface area contributed by atoms with Gasteiger partial charge in [-0.3, -0.25) is 39.5 Å². The molecule has 2 aliphatic rings. The normalized spacial score (nSPS) is 27.7. The lowest BCUT2D eigenvalue weighted by Gasteiger charge is -2.29. The van der Waals surface area contributed by atoms with Crippen molar-refractivity contribution < 1.29 is 34.3 Å². The maximum absolute atomic E-state index is 13.1. The van der Waals surface area contributed by atoms with E-state index in [1.54, 1.807) is 13.0 Å². The van der Waals surface area contributed by atoms with Gasteiger partial charge in [0.2, 0.25) is 11.8 Å². The molecule has 0 bridgehead atoms. The number of nitrogens with one attached hydrogen (secondary N) is 1. The molecule has 2 aliphatic heterocycles. The molecule has 0 aromatic heterocycles. The van der Waals surface area contributed by atoms with Crippen LogP contribution in [0.2, 0.25) is 5.02 Å². The molecule has 11 nitrogen and oxygen atoms in total. The van der Waals surface area contributed by atoms with E-state index in [2.05, 4.69) is 5.32 Å². The fourth-order valence-corrected chi connectivity index (χ4v) is 4.52. The van der Waals surface area contributed by atoms with Crippen molar-refractivity contribution in [1.29, 1.82) is 0 Å². The summed E-state index contributed by atoms with van der Waals surface area (Å²) in [6.45, 7) is 1.53. The first-order chi connectivity index (χ1) is 14.5. The molecule has 1 aromatic carbocycles. The average Bonchev–Trinajstić information content (AvgIpc) is 3.14. The highest BCUT2D eigenvalue weighted by atomic mass is 35.5. The minimum absolute atomic E-state index is 0.0903. The molecule has 0 radical (unpaired) electrons. The van der Waals surface area contributed by atoms with E-state index < -0.39 is 64.2 Å². The minimum atomic E-state index is -2.34. The Bertz CT molecular complexity index is 1030. The number of nitro groups is 1. The lowest BCUT2D eigenvalue weighted by Crippen LogP contribution is -2.57. The van der Waals surface area contributed by atoms with Gasteiger partial charge >= 0.3 is 11.9 Å². The van der Waals surface area contributed by atoms with Crippen LogP contribution in [0.15, 0.2) is 30.4 Å². The second kappa shape index (κ2) is 8.08. The second-order valence-corrected chi connectivity index (χ2v) is 7.73. The number of nitrogens with zero attached hydrogens (tertiary/aromatic N) is 2. The molecule has 0 aliphatic carbocycles. The van der Waals surface area contributed by atoms with E-state index >= 15 is 0 Å². The van der Waals surface area contributed by atoms with E-state index in [1.807, 2.05) is 0 Å². The number of likely N-dealkylation sites (tertiary alicyclic amines) is 1. The van der Waals surface area contributed by atoms with Crippen molar-refractivity contribution in [3.63, 3.8) is 0 Å². The van der Waals surface area contributed by atoms with Crippen molar-refractivity contribution >= 4 is 41.0 Å². The average molecular weight is 452 g/mol. The molecular weight excluding hydrogens is 434 g/mol. The molecule has 164 valence electrons. The van der Waals surface area contributed by atoms with Crippen LogP contribution in [0.25, 0.3) is 0 Å². The molecule has 12 heteroatoms. The van der Waals surface area contributed by atoms with E-state index in [1.165, 1.54) is 18.2 Å². The Labute approximate surface area is 180 Å². The van der Waals surface area contributed by atoms with Crippen LogP contribution in [0.4, 0.5) is 5.69 Å². The van der Waals surface area contributed by atoms with Crippen molar-refractivity contribution in [3.05, 3.63) is 51.1 Å². The number of carbonyl (C=O) groups is 4. The van der Waals surface area contributed by atoms with Gasteiger partial charge in [0, 0.05) is 23.2 Å². The highest BCUT2D eigenvalue weighted by molar-refractivity contribution is 6.30. The van der Waals surface area contributed by atoms with Gasteiger partial charge < -0.3 is 10.2 Å². The van der Waals surface area contributed by atoms with Crippen LogP contribution < -0.4 is 5.32 Å². The number of allylic oxidation sites excluding steroid dienone is 1. The van der Waals surface area contributed by atoms with Crippen LogP contribution in [-0.4, -0.2) is 55.9 Å². The zero-order valence-corrected chi connectivity index (χ0v) is 16.9. The smallest absolute Gasteiger partial charge is 0.325 e. The summed E-state index contributed by atoms with van der Waals surface area (Å²) < 4.78 is 0. The Hall–Kier alpha value is -3.31. The first kappa shape index (κ1) is 22.4. The fourth-order valence-electron chi connectivity index (χ4n) is 4.33. The first-order valence-corrected chi connectivity index (χ1v) is 9.56. The third kappa shape index (κ3) is 3.55. The van der Waals surface area contributed by atoms with Gasteiger partial charge in [-0.25, -0.2) is 0 Å². The Balaban J connectivity index is 2.23. The number of halogens is 1. The number of nitro benzene ring substituents is 1. The van der Waals surface area contributed by atoms with Crippen LogP contribution in [0.1, 0.15) is 24.9 Å². The molecule has 3 rings (SSSR count). The summed E-state index contributed by atoms with van der Waals surface area (Å²) in [6.07, 6.45) is 2.10. The minimum Gasteiger partial charge on any atom is -0.481 e. The van der Waals surface area contributed by atoms with E-state index in [0.717, 1.165) is 11.0 Å². The number of amides is 2. The molecule has 2 heterocycles. The SMILES string of the molecule is C/C=C/CN1C(=O)C2C(c3cc(Cl)ccc3[N+](=O)[O-])NC(CC(=O)O)(C(=O)O)C2C1=O. The summed E-state index contributed by atoms with van der Waals surface area (Å²) in [5.74, 6) is -7.68. The number of aliphatic carboxylic acids is 2. The lowest BCUT2D eigenvalue weighted by molar-refractivity contribution is -0.385. The summed E-state index contributed by atoms with van der Waals surface area (Å²) in [5.41, 5.74) is -2.88.